The number of para-hydroxylation sites is 1. The van der Waals surface area contributed by atoms with Crippen LogP contribution in [0.2, 0.25) is 5.02 Å². The molecule has 5 nitrogen and oxygen atoms in total. The first-order chi connectivity index (χ1) is 11.5. The zero-order valence-electron chi connectivity index (χ0n) is 12.3. The molecule has 2 aromatic carbocycles. The van der Waals surface area contributed by atoms with Gasteiger partial charge in [0.15, 0.2) is 6.61 Å². The Hall–Kier alpha value is -2.67. The molecule has 1 N–H and O–H groups in total. The van der Waals surface area contributed by atoms with E-state index in [2.05, 4.69) is 15.3 Å². The molecule has 2 aromatic rings. The zero-order chi connectivity index (χ0) is 17.4. The Balaban J connectivity index is 1.78. The lowest BCUT2D eigenvalue weighted by molar-refractivity contribution is -0.123. The van der Waals surface area contributed by atoms with Gasteiger partial charge < -0.3 is 9.47 Å². The van der Waals surface area contributed by atoms with Gasteiger partial charge in [0.25, 0.3) is 5.91 Å². The summed E-state index contributed by atoms with van der Waals surface area (Å²) in [4.78, 5) is 11.6. The second-order valence-electron chi connectivity index (χ2n) is 4.46. The summed E-state index contributed by atoms with van der Waals surface area (Å²) in [5.74, 6) is -0.0314. The molecule has 0 aliphatic heterocycles. The van der Waals surface area contributed by atoms with Gasteiger partial charge in [-0.25, -0.2) is 5.43 Å². The SMILES string of the molecule is O=C(COc1ccccc1Cl)N/N=C\c1ccc(OC(F)F)cc1. The van der Waals surface area contributed by atoms with Gasteiger partial charge in [-0.1, -0.05) is 23.7 Å². The molecule has 24 heavy (non-hydrogen) atoms. The Labute approximate surface area is 141 Å². The molecule has 8 heteroatoms. The molecule has 0 saturated heterocycles. The highest BCUT2D eigenvalue weighted by molar-refractivity contribution is 6.32. The van der Waals surface area contributed by atoms with Crippen LogP contribution in [0.5, 0.6) is 11.5 Å². The number of rotatable bonds is 7. The van der Waals surface area contributed by atoms with E-state index in [4.69, 9.17) is 16.3 Å². The van der Waals surface area contributed by atoms with Crippen LogP contribution in [0.25, 0.3) is 0 Å². The van der Waals surface area contributed by atoms with E-state index in [1.54, 1.807) is 24.3 Å². The molecule has 0 unspecified atom stereocenters. The number of alkyl halides is 2. The Bertz CT molecular complexity index is 709. The quantitative estimate of drug-likeness (QED) is 0.612. The van der Waals surface area contributed by atoms with E-state index in [0.717, 1.165) is 0 Å². The van der Waals surface area contributed by atoms with Crippen LogP contribution in [-0.2, 0) is 4.79 Å². The van der Waals surface area contributed by atoms with E-state index in [0.29, 0.717) is 16.3 Å². The lowest BCUT2D eigenvalue weighted by atomic mass is 10.2. The average Bonchev–Trinajstić information content (AvgIpc) is 2.55. The number of hydrazone groups is 1. The standard InChI is InChI=1S/C16H13ClF2N2O3/c17-13-3-1-2-4-14(13)23-10-15(22)21-20-9-11-5-7-12(8-6-11)24-16(18)19/h1-9,16H,10H2,(H,21,22)/b20-9-. The molecular formula is C16H13ClF2N2O3. The van der Waals surface area contributed by atoms with Crippen LogP contribution in [0.15, 0.2) is 53.6 Å². The van der Waals surface area contributed by atoms with E-state index >= 15 is 0 Å². The molecule has 0 aliphatic rings. The summed E-state index contributed by atoms with van der Waals surface area (Å²) >= 11 is 5.89. The molecule has 126 valence electrons. The first-order valence-electron chi connectivity index (χ1n) is 6.78. The van der Waals surface area contributed by atoms with Crippen molar-refractivity contribution in [3.8, 4) is 11.5 Å². The monoisotopic (exact) mass is 354 g/mol. The molecule has 0 aliphatic carbocycles. The number of halogens is 3. The number of hydrogen-bond acceptors (Lipinski definition) is 4. The molecule has 0 aromatic heterocycles. The van der Waals surface area contributed by atoms with E-state index in [-0.39, 0.29) is 12.4 Å². The number of amides is 1. The molecule has 0 saturated carbocycles. The molecule has 0 spiro atoms. The van der Waals surface area contributed by atoms with Crippen molar-refractivity contribution in [3.05, 3.63) is 59.1 Å². The van der Waals surface area contributed by atoms with Crippen molar-refractivity contribution in [1.29, 1.82) is 0 Å². The van der Waals surface area contributed by atoms with Gasteiger partial charge in [-0.15, -0.1) is 0 Å². The smallest absolute Gasteiger partial charge is 0.387 e. The van der Waals surface area contributed by atoms with Crippen molar-refractivity contribution in [2.24, 2.45) is 5.10 Å². The van der Waals surface area contributed by atoms with Crippen molar-refractivity contribution in [1.82, 2.24) is 5.43 Å². The molecule has 1 amide bonds. The van der Waals surface area contributed by atoms with E-state index < -0.39 is 12.5 Å². The summed E-state index contributed by atoms with van der Waals surface area (Å²) in [5, 5.41) is 4.14. The summed E-state index contributed by atoms with van der Waals surface area (Å²) in [6, 6.07) is 12.6. The number of carbonyl (C=O) groups excluding carboxylic acids is 1. The minimum Gasteiger partial charge on any atom is -0.482 e. The largest absolute Gasteiger partial charge is 0.482 e. The molecular weight excluding hydrogens is 342 g/mol. The van der Waals surface area contributed by atoms with Crippen LogP contribution in [0, 0.1) is 0 Å². The lowest BCUT2D eigenvalue weighted by Gasteiger charge is -2.06. The first kappa shape index (κ1) is 17.7. The first-order valence-corrected chi connectivity index (χ1v) is 7.16. The molecule has 0 fully saturated rings. The summed E-state index contributed by atoms with van der Waals surface area (Å²) in [5.41, 5.74) is 2.88. The minimum absolute atomic E-state index is 0.0410. The highest BCUT2D eigenvalue weighted by atomic mass is 35.5. The van der Waals surface area contributed by atoms with Crippen molar-refractivity contribution in [2.75, 3.05) is 6.61 Å². The Morgan fingerprint density at radius 3 is 2.58 bits per heavy atom. The third kappa shape index (κ3) is 5.85. The number of nitrogens with zero attached hydrogens (tertiary/aromatic N) is 1. The van der Waals surface area contributed by atoms with Gasteiger partial charge in [0.05, 0.1) is 11.2 Å². The summed E-state index contributed by atoms with van der Waals surface area (Å²) in [7, 11) is 0. The van der Waals surface area contributed by atoms with Crippen LogP contribution in [0.1, 0.15) is 5.56 Å². The fourth-order valence-electron chi connectivity index (χ4n) is 1.65. The average molecular weight is 355 g/mol. The maximum absolute atomic E-state index is 12.0. The summed E-state index contributed by atoms with van der Waals surface area (Å²) in [6.45, 7) is -3.12. The molecule has 0 atom stereocenters. The predicted octanol–water partition coefficient (Wildman–Crippen LogP) is 3.47. The van der Waals surface area contributed by atoms with Gasteiger partial charge in [-0.2, -0.15) is 13.9 Å². The van der Waals surface area contributed by atoms with E-state index in [1.165, 1.54) is 30.5 Å². The minimum atomic E-state index is -2.87. The topological polar surface area (TPSA) is 59.9 Å². The van der Waals surface area contributed by atoms with Crippen molar-refractivity contribution < 1.29 is 23.0 Å². The van der Waals surface area contributed by atoms with Gasteiger partial charge in [0, 0.05) is 0 Å². The van der Waals surface area contributed by atoms with Crippen molar-refractivity contribution >= 4 is 23.7 Å². The normalized spacial score (nSPS) is 10.8. The summed E-state index contributed by atoms with van der Waals surface area (Å²) < 4.78 is 33.5. The third-order valence-electron chi connectivity index (χ3n) is 2.70. The Kier molecular flexibility index (Phi) is 6.51. The van der Waals surface area contributed by atoms with E-state index in [9.17, 15) is 13.6 Å². The second kappa shape index (κ2) is 8.83. The third-order valence-corrected chi connectivity index (χ3v) is 3.02. The van der Waals surface area contributed by atoms with Gasteiger partial charge in [0.1, 0.15) is 11.5 Å². The van der Waals surface area contributed by atoms with Crippen LogP contribution >= 0.6 is 11.6 Å². The van der Waals surface area contributed by atoms with Crippen LogP contribution < -0.4 is 14.9 Å². The van der Waals surface area contributed by atoms with Crippen molar-refractivity contribution in [2.45, 2.75) is 6.61 Å². The predicted molar refractivity (Wildman–Crippen MR) is 85.8 cm³/mol. The van der Waals surface area contributed by atoms with Gasteiger partial charge in [-0.3, -0.25) is 4.79 Å². The highest BCUT2D eigenvalue weighted by Crippen LogP contribution is 2.22. The molecule has 0 heterocycles. The van der Waals surface area contributed by atoms with Gasteiger partial charge in [-0.05, 0) is 42.0 Å². The maximum Gasteiger partial charge on any atom is 0.387 e. The molecule has 0 bridgehead atoms. The number of hydrogen-bond donors (Lipinski definition) is 1. The van der Waals surface area contributed by atoms with E-state index in [1.807, 2.05) is 0 Å². The van der Waals surface area contributed by atoms with Crippen LogP contribution in [0.3, 0.4) is 0 Å². The Morgan fingerprint density at radius 1 is 1.21 bits per heavy atom. The summed E-state index contributed by atoms with van der Waals surface area (Å²) in [6.07, 6.45) is 1.36. The Morgan fingerprint density at radius 2 is 1.92 bits per heavy atom. The van der Waals surface area contributed by atoms with Crippen LogP contribution in [0.4, 0.5) is 8.78 Å². The second-order valence-corrected chi connectivity index (χ2v) is 4.87. The van der Waals surface area contributed by atoms with Gasteiger partial charge >= 0.3 is 6.61 Å². The fraction of sp³-hybridized carbons (Fsp3) is 0.125. The molecule has 0 radical (unpaired) electrons. The number of nitrogens with one attached hydrogen (secondary N) is 1. The maximum atomic E-state index is 12.0. The fourth-order valence-corrected chi connectivity index (χ4v) is 1.84. The van der Waals surface area contributed by atoms with Crippen molar-refractivity contribution in [3.63, 3.8) is 0 Å². The number of ether oxygens (including phenoxy) is 2. The number of carbonyl (C=O) groups is 1. The number of benzene rings is 2. The van der Waals surface area contributed by atoms with Gasteiger partial charge in [0.2, 0.25) is 0 Å². The lowest BCUT2D eigenvalue weighted by Crippen LogP contribution is -2.24. The highest BCUT2D eigenvalue weighted by Gasteiger charge is 2.05. The van der Waals surface area contributed by atoms with Crippen LogP contribution in [-0.4, -0.2) is 25.3 Å². The zero-order valence-corrected chi connectivity index (χ0v) is 13.0. The molecule has 2 rings (SSSR count).